The summed E-state index contributed by atoms with van der Waals surface area (Å²) in [5.74, 6) is -0.452. The van der Waals surface area contributed by atoms with Gasteiger partial charge in [-0.15, -0.1) is 5.10 Å². The van der Waals surface area contributed by atoms with Crippen LogP contribution in [0.1, 0.15) is 21.7 Å². The third-order valence-electron chi connectivity index (χ3n) is 3.77. The highest BCUT2D eigenvalue weighted by molar-refractivity contribution is 5.94. The van der Waals surface area contributed by atoms with Crippen molar-refractivity contribution in [3.05, 3.63) is 47.3 Å². The molecule has 3 rings (SSSR count). The Morgan fingerprint density at radius 1 is 1.29 bits per heavy atom. The largest absolute Gasteiger partial charge is 0.378 e. The van der Waals surface area contributed by atoms with Gasteiger partial charge in [0.1, 0.15) is 0 Å². The number of hydrogen-bond donors (Lipinski definition) is 2. The Morgan fingerprint density at radius 3 is 2.68 bits per heavy atom. The topological polar surface area (TPSA) is 140 Å². The van der Waals surface area contributed by atoms with Crippen LogP contribution in [-0.4, -0.2) is 51.5 Å². The van der Waals surface area contributed by atoms with Crippen LogP contribution in [0.25, 0.3) is 11.9 Å². The van der Waals surface area contributed by atoms with Crippen LogP contribution in [0.2, 0.25) is 0 Å². The van der Waals surface area contributed by atoms with Crippen LogP contribution in [0, 0.1) is 6.92 Å². The second kappa shape index (κ2) is 8.12. The average Bonchev–Trinajstić information content (AvgIpc) is 3.26. The number of rotatable bonds is 6. The summed E-state index contributed by atoms with van der Waals surface area (Å²) in [7, 11) is 3.97. The molecule has 0 saturated heterocycles. The number of carbonyl (C=O) groups excluding carboxylic acids is 1. The van der Waals surface area contributed by atoms with E-state index in [1.807, 2.05) is 49.3 Å². The summed E-state index contributed by atoms with van der Waals surface area (Å²) in [6.07, 6.45) is 5.05. The van der Waals surface area contributed by atoms with Crippen molar-refractivity contribution in [1.29, 1.82) is 0 Å². The van der Waals surface area contributed by atoms with Crippen molar-refractivity contribution < 1.29 is 9.42 Å². The van der Waals surface area contributed by atoms with Gasteiger partial charge in [0.15, 0.2) is 5.69 Å². The minimum atomic E-state index is -0.523. The summed E-state index contributed by atoms with van der Waals surface area (Å²) < 4.78 is 5.68. The number of anilines is 2. The fraction of sp³-hybridized carbons (Fsp3) is 0.176. The summed E-state index contributed by atoms with van der Waals surface area (Å²) >= 11 is 0. The van der Waals surface area contributed by atoms with E-state index in [1.165, 1.54) is 6.21 Å². The molecule has 0 atom stereocenters. The number of allylic oxidation sites excluding steroid dienone is 1. The molecule has 0 aliphatic heterocycles. The highest BCUT2D eigenvalue weighted by atomic mass is 16.6. The van der Waals surface area contributed by atoms with Crippen molar-refractivity contribution in [3.63, 3.8) is 0 Å². The van der Waals surface area contributed by atoms with Gasteiger partial charge in [0, 0.05) is 26.0 Å². The van der Waals surface area contributed by atoms with Crippen LogP contribution >= 0.6 is 0 Å². The summed E-state index contributed by atoms with van der Waals surface area (Å²) in [6, 6.07) is 8.00. The highest BCUT2D eigenvalue weighted by Crippen LogP contribution is 2.15. The number of aromatic nitrogens is 5. The predicted molar refractivity (Wildman–Crippen MR) is 104 cm³/mol. The molecule has 3 aromatic rings. The molecule has 11 nitrogen and oxygen atoms in total. The first-order chi connectivity index (χ1) is 13.5. The Bertz CT molecular complexity index is 1020. The molecule has 0 unspecified atom stereocenters. The number of aryl methyl sites for hydroxylation is 1. The third-order valence-corrected chi connectivity index (χ3v) is 3.77. The average molecular weight is 381 g/mol. The van der Waals surface area contributed by atoms with Crippen LogP contribution in [0.15, 0.2) is 40.1 Å². The molecule has 0 aliphatic rings. The maximum Gasteiger partial charge on any atom is 0.292 e. The monoisotopic (exact) mass is 381 g/mol. The Balaban J connectivity index is 1.65. The van der Waals surface area contributed by atoms with Gasteiger partial charge in [0.2, 0.25) is 11.6 Å². The molecule has 1 aromatic carbocycles. The number of nitrogens with one attached hydrogen (secondary N) is 1. The predicted octanol–water partition coefficient (Wildman–Crippen LogP) is 1.04. The summed E-state index contributed by atoms with van der Waals surface area (Å²) in [4.78, 5) is 14.4. The van der Waals surface area contributed by atoms with E-state index in [1.54, 1.807) is 13.0 Å². The molecule has 0 spiro atoms. The molecule has 0 saturated carbocycles. The molecule has 0 fully saturated rings. The fourth-order valence-electron chi connectivity index (χ4n) is 2.33. The third kappa shape index (κ3) is 4.03. The molecule has 0 bridgehead atoms. The fourth-order valence-corrected chi connectivity index (χ4v) is 2.33. The van der Waals surface area contributed by atoms with Crippen molar-refractivity contribution >= 4 is 29.7 Å². The van der Waals surface area contributed by atoms with Crippen LogP contribution in [0.5, 0.6) is 0 Å². The number of carbonyl (C=O) groups is 1. The van der Waals surface area contributed by atoms with Gasteiger partial charge in [-0.05, 0) is 41.0 Å². The first kappa shape index (κ1) is 18.8. The molecule has 11 heteroatoms. The number of nitrogens with two attached hydrogens (primary N) is 1. The quantitative estimate of drug-likeness (QED) is 0.476. The maximum atomic E-state index is 12.4. The molecular weight excluding hydrogens is 362 g/mol. The summed E-state index contributed by atoms with van der Waals surface area (Å²) in [5, 5.41) is 18.7. The van der Waals surface area contributed by atoms with E-state index in [9.17, 15) is 4.79 Å². The number of benzene rings is 1. The lowest BCUT2D eigenvalue weighted by Gasteiger charge is -2.11. The molecule has 28 heavy (non-hydrogen) atoms. The molecule has 0 radical (unpaired) electrons. The van der Waals surface area contributed by atoms with Crippen molar-refractivity contribution in [2.24, 2.45) is 5.10 Å². The summed E-state index contributed by atoms with van der Waals surface area (Å²) in [5.41, 5.74) is 10.7. The smallest absolute Gasteiger partial charge is 0.292 e. The van der Waals surface area contributed by atoms with E-state index in [4.69, 9.17) is 5.73 Å². The minimum absolute atomic E-state index is 0.00864. The Hall–Kier alpha value is -4.02. The van der Waals surface area contributed by atoms with Gasteiger partial charge in [-0.2, -0.15) is 9.78 Å². The molecule has 144 valence electrons. The van der Waals surface area contributed by atoms with Gasteiger partial charge >= 0.3 is 0 Å². The van der Waals surface area contributed by atoms with Gasteiger partial charge in [-0.3, -0.25) is 4.79 Å². The Kier molecular flexibility index (Phi) is 5.44. The summed E-state index contributed by atoms with van der Waals surface area (Å²) in [6.45, 7) is 1.63. The second-order valence-corrected chi connectivity index (χ2v) is 5.97. The molecule has 2 heterocycles. The maximum absolute atomic E-state index is 12.4. The van der Waals surface area contributed by atoms with E-state index in [0.29, 0.717) is 5.69 Å². The minimum Gasteiger partial charge on any atom is -0.378 e. The van der Waals surface area contributed by atoms with E-state index in [0.717, 1.165) is 15.9 Å². The Morgan fingerprint density at radius 2 is 2.04 bits per heavy atom. The van der Waals surface area contributed by atoms with Crippen LogP contribution < -0.4 is 16.1 Å². The normalized spacial score (nSPS) is 11.4. The number of nitrogen functional groups attached to an aromatic ring is 1. The zero-order valence-electron chi connectivity index (χ0n) is 15.6. The lowest BCUT2D eigenvalue weighted by molar-refractivity contribution is 0.0946. The van der Waals surface area contributed by atoms with E-state index < -0.39 is 5.91 Å². The SMILES string of the molecule is Cc1nnn(-c2nonc2N)c1C(=O)N/N=C/C=C\c1ccc(N(C)C)cc1. The highest BCUT2D eigenvalue weighted by Gasteiger charge is 2.22. The number of hydrazone groups is 1. The van der Waals surface area contributed by atoms with E-state index in [2.05, 4.69) is 35.8 Å². The van der Waals surface area contributed by atoms with Crippen molar-refractivity contribution in [2.45, 2.75) is 6.92 Å². The van der Waals surface area contributed by atoms with Gasteiger partial charge in [-0.25, -0.2) is 10.1 Å². The first-order valence-corrected chi connectivity index (χ1v) is 8.25. The van der Waals surface area contributed by atoms with Crippen molar-refractivity contribution in [2.75, 3.05) is 24.7 Å². The van der Waals surface area contributed by atoms with Crippen molar-refractivity contribution in [1.82, 2.24) is 30.7 Å². The molecule has 3 N–H and O–H groups in total. The standard InChI is InChI=1S/C17H19N9O2/c1-11-14(26(24-20-11)16-15(18)22-28-23-16)17(27)21-19-10-4-5-12-6-8-13(9-7-12)25(2)3/h4-10H,1-3H3,(H2,18,22)(H,21,27)/b5-4-,19-10+. The van der Waals surface area contributed by atoms with Crippen molar-refractivity contribution in [3.8, 4) is 5.82 Å². The van der Waals surface area contributed by atoms with Gasteiger partial charge in [-0.1, -0.05) is 23.4 Å². The van der Waals surface area contributed by atoms with Crippen LogP contribution in [-0.2, 0) is 0 Å². The zero-order chi connectivity index (χ0) is 20.1. The molecule has 0 aliphatic carbocycles. The Labute approximate surface area is 160 Å². The molecule has 2 aromatic heterocycles. The number of amides is 1. The molecule has 1 amide bonds. The van der Waals surface area contributed by atoms with Gasteiger partial charge in [0.25, 0.3) is 5.91 Å². The van der Waals surface area contributed by atoms with Crippen LogP contribution in [0.4, 0.5) is 11.5 Å². The van der Waals surface area contributed by atoms with E-state index >= 15 is 0 Å². The lowest BCUT2D eigenvalue weighted by Crippen LogP contribution is -2.22. The number of nitrogens with zero attached hydrogens (tertiary/aromatic N) is 7. The van der Waals surface area contributed by atoms with Gasteiger partial charge < -0.3 is 10.6 Å². The first-order valence-electron chi connectivity index (χ1n) is 8.25. The number of hydrogen-bond acceptors (Lipinski definition) is 9. The van der Waals surface area contributed by atoms with Gasteiger partial charge in [0.05, 0.1) is 5.69 Å². The lowest BCUT2D eigenvalue weighted by atomic mass is 10.2. The van der Waals surface area contributed by atoms with E-state index in [-0.39, 0.29) is 17.3 Å². The zero-order valence-corrected chi connectivity index (χ0v) is 15.6. The van der Waals surface area contributed by atoms with Crippen LogP contribution in [0.3, 0.4) is 0 Å². The molecular formula is C17H19N9O2. The second-order valence-electron chi connectivity index (χ2n) is 5.97.